The number of halogens is 1. The Morgan fingerprint density at radius 2 is 2.43 bits per heavy atom. The third-order valence-corrected chi connectivity index (χ3v) is 1.95. The van der Waals surface area contributed by atoms with E-state index in [0.717, 1.165) is 0 Å². The number of esters is 1. The average molecular weight is 213 g/mol. The van der Waals surface area contributed by atoms with Crippen molar-refractivity contribution in [2.75, 3.05) is 7.11 Å². The molecule has 2 aromatic rings. The van der Waals surface area contributed by atoms with Crippen LogP contribution in [0.25, 0.3) is 5.65 Å². The number of tetrazole rings is 1. The minimum Gasteiger partial charge on any atom is -0.465 e. The second-order valence-electron chi connectivity index (χ2n) is 2.52. The summed E-state index contributed by atoms with van der Waals surface area (Å²) in [6, 6.07) is 1.46. The number of pyridine rings is 1. The monoisotopic (exact) mass is 212 g/mol. The first-order valence-electron chi connectivity index (χ1n) is 3.68. The number of aromatic nitrogens is 4. The maximum absolute atomic E-state index is 11.2. The molecule has 0 N–H and O–H groups in total. The van der Waals surface area contributed by atoms with E-state index in [1.54, 1.807) is 0 Å². The van der Waals surface area contributed by atoms with Crippen molar-refractivity contribution in [1.82, 2.24) is 20.0 Å². The molecule has 0 radical (unpaired) electrons. The summed E-state index contributed by atoms with van der Waals surface area (Å²) in [7, 11) is 1.29. The number of fused-ring (bicyclic) bond motifs is 1. The third-order valence-electron chi connectivity index (χ3n) is 1.67. The molecular weight excluding hydrogens is 208 g/mol. The van der Waals surface area contributed by atoms with Gasteiger partial charge in [-0.1, -0.05) is 11.6 Å². The zero-order valence-electron chi connectivity index (χ0n) is 7.14. The third kappa shape index (κ3) is 1.29. The molecule has 0 fully saturated rings. The minimum absolute atomic E-state index is 0.303. The van der Waals surface area contributed by atoms with Crippen molar-refractivity contribution >= 4 is 23.2 Å². The van der Waals surface area contributed by atoms with Crippen LogP contribution in [0.1, 0.15) is 10.4 Å². The fraction of sp³-hybridized carbons (Fsp3) is 0.143. The highest BCUT2D eigenvalue weighted by Crippen LogP contribution is 2.16. The topological polar surface area (TPSA) is 69.4 Å². The normalized spacial score (nSPS) is 10.4. The Balaban J connectivity index is 2.64. The molecule has 0 saturated heterocycles. The summed E-state index contributed by atoms with van der Waals surface area (Å²) in [6.07, 6.45) is 1.45. The van der Waals surface area contributed by atoms with Crippen molar-refractivity contribution in [3.63, 3.8) is 0 Å². The van der Waals surface area contributed by atoms with Crippen molar-refractivity contribution in [3.05, 3.63) is 22.8 Å². The number of rotatable bonds is 1. The molecule has 0 amide bonds. The van der Waals surface area contributed by atoms with Gasteiger partial charge in [-0.2, -0.15) is 4.52 Å². The van der Waals surface area contributed by atoms with Gasteiger partial charge in [0.1, 0.15) is 0 Å². The van der Waals surface area contributed by atoms with Gasteiger partial charge in [0.15, 0.2) is 5.65 Å². The van der Waals surface area contributed by atoms with Crippen LogP contribution in [0.5, 0.6) is 0 Å². The lowest BCUT2D eigenvalue weighted by atomic mass is 10.3. The van der Waals surface area contributed by atoms with Gasteiger partial charge in [-0.25, -0.2) is 4.79 Å². The van der Waals surface area contributed by atoms with Crippen molar-refractivity contribution in [1.29, 1.82) is 0 Å². The van der Waals surface area contributed by atoms with E-state index in [9.17, 15) is 4.79 Å². The van der Waals surface area contributed by atoms with E-state index in [2.05, 4.69) is 20.3 Å². The molecular formula is C7H5ClN4O2. The molecule has 2 heterocycles. The predicted octanol–water partition coefficient (Wildman–Crippen LogP) is 0.564. The number of hydrogen-bond acceptors (Lipinski definition) is 5. The second-order valence-corrected chi connectivity index (χ2v) is 2.92. The molecule has 0 aliphatic carbocycles. The average Bonchev–Trinajstić information content (AvgIpc) is 2.64. The molecule has 0 aliphatic heterocycles. The Labute approximate surface area is 83.4 Å². The number of ether oxygens (including phenoxy) is 1. The lowest BCUT2D eigenvalue weighted by molar-refractivity contribution is 0.0600. The number of hydrogen-bond donors (Lipinski definition) is 0. The van der Waals surface area contributed by atoms with Gasteiger partial charge in [-0.15, -0.1) is 5.10 Å². The molecule has 7 heteroatoms. The SMILES string of the molecule is COC(=O)c1cc(Cl)c2nnnn2c1. The Hall–Kier alpha value is -1.69. The van der Waals surface area contributed by atoms with Crippen LogP contribution < -0.4 is 0 Å². The van der Waals surface area contributed by atoms with Gasteiger partial charge in [0.2, 0.25) is 0 Å². The quantitative estimate of drug-likeness (QED) is 0.647. The van der Waals surface area contributed by atoms with Crippen LogP contribution >= 0.6 is 11.6 Å². The molecule has 72 valence electrons. The highest BCUT2D eigenvalue weighted by Gasteiger charge is 2.11. The van der Waals surface area contributed by atoms with Crippen LogP contribution in [0.3, 0.4) is 0 Å². The van der Waals surface area contributed by atoms with E-state index in [-0.39, 0.29) is 0 Å². The van der Waals surface area contributed by atoms with Crippen LogP contribution in [-0.2, 0) is 4.74 Å². The molecule has 6 nitrogen and oxygen atoms in total. The minimum atomic E-state index is -0.482. The Bertz CT molecular complexity index is 495. The van der Waals surface area contributed by atoms with E-state index < -0.39 is 5.97 Å². The summed E-state index contributed by atoms with van der Waals surface area (Å²) >= 11 is 5.83. The second kappa shape index (κ2) is 3.22. The summed E-state index contributed by atoms with van der Waals surface area (Å²) in [5.74, 6) is -0.482. The van der Waals surface area contributed by atoms with Crippen LogP contribution in [0.2, 0.25) is 5.02 Å². The van der Waals surface area contributed by atoms with Crippen LogP contribution in [-0.4, -0.2) is 33.1 Å². The Morgan fingerprint density at radius 1 is 1.64 bits per heavy atom. The van der Waals surface area contributed by atoms with Crippen LogP contribution in [0.15, 0.2) is 12.3 Å². The van der Waals surface area contributed by atoms with E-state index in [0.29, 0.717) is 16.2 Å². The van der Waals surface area contributed by atoms with Crippen molar-refractivity contribution in [3.8, 4) is 0 Å². The maximum atomic E-state index is 11.2. The van der Waals surface area contributed by atoms with E-state index in [1.165, 1.54) is 23.9 Å². The number of methoxy groups -OCH3 is 1. The Morgan fingerprint density at radius 3 is 3.14 bits per heavy atom. The van der Waals surface area contributed by atoms with Gasteiger partial charge in [0.25, 0.3) is 0 Å². The van der Waals surface area contributed by atoms with Gasteiger partial charge in [-0.05, 0) is 16.5 Å². The van der Waals surface area contributed by atoms with Crippen LogP contribution in [0, 0.1) is 0 Å². The van der Waals surface area contributed by atoms with Gasteiger partial charge in [0.05, 0.1) is 17.7 Å². The smallest absolute Gasteiger partial charge is 0.339 e. The number of nitrogens with zero attached hydrogens (tertiary/aromatic N) is 4. The molecule has 2 rings (SSSR count). The highest BCUT2D eigenvalue weighted by atomic mass is 35.5. The highest BCUT2D eigenvalue weighted by molar-refractivity contribution is 6.33. The molecule has 0 aliphatic rings. The standard InChI is InChI=1S/C7H5ClN4O2/c1-14-7(13)4-2-5(8)6-9-10-11-12(6)3-4/h2-3H,1H3. The van der Waals surface area contributed by atoms with Crippen LogP contribution in [0.4, 0.5) is 0 Å². The van der Waals surface area contributed by atoms with Gasteiger partial charge in [-0.3, -0.25) is 0 Å². The summed E-state index contributed by atoms with van der Waals surface area (Å²) < 4.78 is 5.85. The summed E-state index contributed by atoms with van der Waals surface area (Å²) in [4.78, 5) is 11.2. The molecule has 0 atom stereocenters. The molecule has 0 spiro atoms. The molecule has 0 saturated carbocycles. The van der Waals surface area contributed by atoms with Gasteiger partial charge < -0.3 is 4.74 Å². The zero-order valence-corrected chi connectivity index (χ0v) is 7.89. The number of carbonyl (C=O) groups excluding carboxylic acids is 1. The lowest BCUT2D eigenvalue weighted by Gasteiger charge is -1.99. The van der Waals surface area contributed by atoms with Gasteiger partial charge >= 0.3 is 5.97 Å². The summed E-state index contributed by atoms with van der Waals surface area (Å²) in [5, 5.41) is 11.0. The molecule has 0 aromatic carbocycles. The van der Waals surface area contributed by atoms with Crippen molar-refractivity contribution in [2.24, 2.45) is 0 Å². The Kier molecular flexibility index (Phi) is 2.05. The van der Waals surface area contributed by atoms with E-state index in [4.69, 9.17) is 11.6 Å². The fourth-order valence-corrected chi connectivity index (χ4v) is 1.28. The van der Waals surface area contributed by atoms with Crippen molar-refractivity contribution < 1.29 is 9.53 Å². The molecule has 0 unspecified atom stereocenters. The first kappa shape index (κ1) is 8.89. The fourth-order valence-electron chi connectivity index (χ4n) is 1.04. The summed E-state index contributed by atoms with van der Waals surface area (Å²) in [5.41, 5.74) is 0.705. The number of carbonyl (C=O) groups is 1. The molecule has 0 bridgehead atoms. The first-order chi connectivity index (χ1) is 6.72. The molecule has 14 heavy (non-hydrogen) atoms. The van der Waals surface area contributed by atoms with E-state index in [1.807, 2.05) is 0 Å². The largest absolute Gasteiger partial charge is 0.465 e. The zero-order chi connectivity index (χ0) is 10.1. The van der Waals surface area contributed by atoms with E-state index >= 15 is 0 Å². The lowest BCUT2D eigenvalue weighted by Crippen LogP contribution is -2.03. The van der Waals surface area contributed by atoms with Crippen molar-refractivity contribution in [2.45, 2.75) is 0 Å². The predicted molar refractivity (Wildman–Crippen MR) is 47.1 cm³/mol. The molecule has 2 aromatic heterocycles. The maximum Gasteiger partial charge on any atom is 0.339 e. The summed E-state index contributed by atoms with van der Waals surface area (Å²) in [6.45, 7) is 0. The van der Waals surface area contributed by atoms with Gasteiger partial charge in [0, 0.05) is 6.20 Å². The first-order valence-corrected chi connectivity index (χ1v) is 4.05.